The Labute approximate surface area is 139 Å². The highest BCUT2D eigenvalue weighted by atomic mass is 32.1. The zero-order chi connectivity index (χ0) is 16.2. The maximum absolute atomic E-state index is 12.2. The molecule has 2 aromatic carbocycles. The number of thiophene rings is 1. The number of carbonyl (C=O) groups excluding carboxylic acids is 1. The molecule has 0 unspecified atom stereocenters. The third kappa shape index (κ3) is 3.27. The normalized spacial score (nSPS) is 11.0. The van der Waals surface area contributed by atoms with E-state index in [2.05, 4.69) is 5.32 Å². The molecule has 0 spiro atoms. The molecule has 0 aliphatic carbocycles. The molecule has 1 aromatic heterocycles. The molecule has 116 valence electrons. The zero-order valence-corrected chi connectivity index (χ0v) is 13.8. The first-order valence-corrected chi connectivity index (χ1v) is 8.15. The number of rotatable bonds is 5. The number of ether oxygens (including phenoxy) is 1. The predicted octanol–water partition coefficient (Wildman–Crippen LogP) is 4.92. The second-order valence-corrected chi connectivity index (χ2v) is 6.17. The van der Waals surface area contributed by atoms with E-state index in [4.69, 9.17) is 4.74 Å². The molecule has 0 fully saturated rings. The van der Waals surface area contributed by atoms with Crippen molar-refractivity contribution in [1.82, 2.24) is 5.32 Å². The average molecular weight is 323 g/mol. The number of allylic oxidation sites excluding steroid dienone is 1. The van der Waals surface area contributed by atoms with E-state index in [0.29, 0.717) is 0 Å². The first-order chi connectivity index (χ1) is 11.2. The number of aryl methyl sites for hydroxylation is 1. The van der Waals surface area contributed by atoms with Gasteiger partial charge in [0.1, 0.15) is 11.5 Å². The molecule has 0 amide bonds. The van der Waals surface area contributed by atoms with E-state index < -0.39 is 0 Å². The van der Waals surface area contributed by atoms with E-state index in [0.717, 1.165) is 32.0 Å². The molecule has 0 radical (unpaired) electrons. The van der Waals surface area contributed by atoms with Crippen LogP contribution >= 0.6 is 11.3 Å². The van der Waals surface area contributed by atoms with Gasteiger partial charge in [0.05, 0.1) is 4.88 Å². The smallest absolute Gasteiger partial charge is 0.197 e. The van der Waals surface area contributed by atoms with Crippen molar-refractivity contribution in [3.8, 4) is 11.5 Å². The van der Waals surface area contributed by atoms with Crippen LogP contribution in [0.15, 0.2) is 60.8 Å². The van der Waals surface area contributed by atoms with Crippen LogP contribution < -0.4 is 10.1 Å². The summed E-state index contributed by atoms with van der Waals surface area (Å²) in [5, 5.41) is 3.90. The van der Waals surface area contributed by atoms with Crippen molar-refractivity contribution in [1.29, 1.82) is 0 Å². The number of hydrogen-bond donors (Lipinski definition) is 1. The van der Waals surface area contributed by atoms with Gasteiger partial charge in [0.25, 0.3) is 0 Å². The quantitative estimate of drug-likeness (QED) is 0.535. The Morgan fingerprint density at radius 2 is 1.91 bits per heavy atom. The number of benzene rings is 2. The van der Waals surface area contributed by atoms with Gasteiger partial charge in [0.15, 0.2) is 5.78 Å². The minimum absolute atomic E-state index is 0.0172. The van der Waals surface area contributed by atoms with E-state index in [9.17, 15) is 4.79 Å². The minimum Gasteiger partial charge on any atom is -0.457 e. The summed E-state index contributed by atoms with van der Waals surface area (Å²) in [6, 6.07) is 15.6. The summed E-state index contributed by atoms with van der Waals surface area (Å²) >= 11 is 1.51. The zero-order valence-electron chi connectivity index (χ0n) is 13.0. The molecule has 0 atom stereocenters. The second kappa shape index (κ2) is 6.67. The van der Waals surface area contributed by atoms with Gasteiger partial charge in [-0.25, -0.2) is 0 Å². The summed E-state index contributed by atoms with van der Waals surface area (Å²) in [7, 11) is 1.77. The van der Waals surface area contributed by atoms with Gasteiger partial charge >= 0.3 is 0 Å². The molecular weight excluding hydrogens is 306 g/mol. The van der Waals surface area contributed by atoms with Gasteiger partial charge in [0, 0.05) is 24.0 Å². The highest BCUT2D eigenvalue weighted by Crippen LogP contribution is 2.35. The fraction of sp³-hybridized carbons (Fsp3) is 0.105. The highest BCUT2D eigenvalue weighted by molar-refractivity contribution is 7.21. The molecule has 0 bridgehead atoms. The van der Waals surface area contributed by atoms with Crippen molar-refractivity contribution < 1.29 is 9.53 Å². The lowest BCUT2D eigenvalue weighted by molar-refractivity contribution is 0.104. The number of nitrogens with one attached hydrogen (secondary N) is 1. The molecule has 4 heteroatoms. The summed E-state index contributed by atoms with van der Waals surface area (Å²) in [6.07, 6.45) is 3.20. The van der Waals surface area contributed by atoms with Gasteiger partial charge in [0.2, 0.25) is 0 Å². The van der Waals surface area contributed by atoms with Crippen LogP contribution in [-0.2, 0) is 0 Å². The monoisotopic (exact) mass is 323 g/mol. The molecule has 23 heavy (non-hydrogen) atoms. The van der Waals surface area contributed by atoms with E-state index in [-0.39, 0.29) is 5.78 Å². The molecule has 0 aliphatic heterocycles. The Morgan fingerprint density at radius 1 is 1.13 bits per heavy atom. The summed E-state index contributed by atoms with van der Waals surface area (Å²) in [5.74, 6) is 1.59. The topological polar surface area (TPSA) is 38.3 Å². The molecule has 1 N–H and O–H groups in total. The minimum atomic E-state index is 0.0172. The summed E-state index contributed by atoms with van der Waals surface area (Å²) < 4.78 is 6.96. The van der Waals surface area contributed by atoms with Crippen LogP contribution in [0.4, 0.5) is 0 Å². The SMILES string of the molecule is CNC=CC(=O)c1sc2ccc(Oc3ccccc3)cc2c1C. The molecule has 0 saturated heterocycles. The molecule has 3 nitrogen and oxygen atoms in total. The second-order valence-electron chi connectivity index (χ2n) is 5.12. The maximum atomic E-state index is 12.2. The van der Waals surface area contributed by atoms with Gasteiger partial charge in [-0.3, -0.25) is 4.79 Å². The van der Waals surface area contributed by atoms with Crippen molar-refractivity contribution in [2.75, 3.05) is 7.05 Å². The van der Waals surface area contributed by atoms with Crippen molar-refractivity contribution >= 4 is 27.2 Å². The molecular formula is C19H17NO2S. The number of para-hydroxylation sites is 1. The highest BCUT2D eigenvalue weighted by Gasteiger charge is 2.14. The van der Waals surface area contributed by atoms with Gasteiger partial charge in [-0.05, 0) is 48.2 Å². The number of hydrogen-bond acceptors (Lipinski definition) is 4. The molecule has 1 heterocycles. The first kappa shape index (κ1) is 15.3. The lowest BCUT2D eigenvalue weighted by atomic mass is 10.1. The fourth-order valence-corrected chi connectivity index (χ4v) is 3.47. The van der Waals surface area contributed by atoms with E-state index in [1.165, 1.54) is 11.3 Å². The molecule has 3 rings (SSSR count). The first-order valence-electron chi connectivity index (χ1n) is 7.33. The largest absolute Gasteiger partial charge is 0.457 e. The van der Waals surface area contributed by atoms with Crippen molar-refractivity contribution in [3.63, 3.8) is 0 Å². The van der Waals surface area contributed by atoms with Crippen LogP contribution in [0.1, 0.15) is 15.2 Å². The van der Waals surface area contributed by atoms with Gasteiger partial charge in [-0.1, -0.05) is 18.2 Å². The average Bonchev–Trinajstić information content (AvgIpc) is 2.90. The Balaban J connectivity index is 1.95. The Morgan fingerprint density at radius 3 is 2.65 bits per heavy atom. The van der Waals surface area contributed by atoms with Crippen molar-refractivity contribution in [3.05, 3.63) is 71.2 Å². The van der Waals surface area contributed by atoms with Gasteiger partial charge < -0.3 is 10.1 Å². The molecule has 0 aliphatic rings. The van der Waals surface area contributed by atoms with Crippen LogP contribution in [0.5, 0.6) is 11.5 Å². The number of carbonyl (C=O) groups is 1. The van der Waals surface area contributed by atoms with Gasteiger partial charge in [-0.15, -0.1) is 11.3 Å². The van der Waals surface area contributed by atoms with Crippen molar-refractivity contribution in [2.24, 2.45) is 0 Å². The van der Waals surface area contributed by atoms with E-state index >= 15 is 0 Å². The van der Waals surface area contributed by atoms with Crippen LogP contribution in [0, 0.1) is 6.92 Å². The maximum Gasteiger partial charge on any atom is 0.197 e. The fourth-order valence-electron chi connectivity index (χ4n) is 2.36. The predicted molar refractivity (Wildman–Crippen MR) is 95.6 cm³/mol. The third-order valence-corrected chi connectivity index (χ3v) is 4.80. The Kier molecular flexibility index (Phi) is 4.44. The lowest BCUT2D eigenvalue weighted by Crippen LogP contribution is -1.97. The van der Waals surface area contributed by atoms with E-state index in [1.54, 1.807) is 19.3 Å². The van der Waals surface area contributed by atoms with Crippen LogP contribution in [0.3, 0.4) is 0 Å². The summed E-state index contributed by atoms with van der Waals surface area (Å²) in [4.78, 5) is 13.0. The standard InChI is InChI=1S/C19H17NO2S/c1-13-16-12-15(22-14-6-4-3-5-7-14)8-9-18(16)23-19(13)17(21)10-11-20-2/h3-12,20H,1-2H3. The van der Waals surface area contributed by atoms with Crippen LogP contribution in [0.25, 0.3) is 10.1 Å². The lowest BCUT2D eigenvalue weighted by Gasteiger charge is -2.05. The number of fused-ring (bicyclic) bond motifs is 1. The van der Waals surface area contributed by atoms with Crippen LogP contribution in [0.2, 0.25) is 0 Å². The van der Waals surface area contributed by atoms with E-state index in [1.807, 2.05) is 55.5 Å². The van der Waals surface area contributed by atoms with Gasteiger partial charge in [-0.2, -0.15) is 0 Å². The Hall–Kier alpha value is -2.59. The molecule has 3 aromatic rings. The Bertz CT molecular complexity index is 866. The summed E-state index contributed by atoms with van der Waals surface area (Å²) in [6.45, 7) is 1.98. The molecule has 0 saturated carbocycles. The number of ketones is 1. The third-order valence-electron chi connectivity index (χ3n) is 3.51. The van der Waals surface area contributed by atoms with Crippen molar-refractivity contribution in [2.45, 2.75) is 6.92 Å². The van der Waals surface area contributed by atoms with Crippen LogP contribution in [-0.4, -0.2) is 12.8 Å². The summed E-state index contributed by atoms with van der Waals surface area (Å²) in [5.41, 5.74) is 0.995.